The molecule has 2 aromatic heterocycles. The van der Waals surface area contributed by atoms with Gasteiger partial charge in [0, 0.05) is 31.9 Å². The second kappa shape index (κ2) is 15.4. The molecule has 0 radical (unpaired) electrons. The Bertz CT molecular complexity index is 1730. The van der Waals surface area contributed by atoms with Crippen molar-refractivity contribution in [1.82, 2.24) is 19.4 Å². The van der Waals surface area contributed by atoms with E-state index in [-0.39, 0.29) is 18.6 Å². The molecule has 3 heterocycles. The fourth-order valence-corrected chi connectivity index (χ4v) is 5.93. The smallest absolute Gasteiger partial charge is 0.337 e. The Labute approximate surface area is 282 Å². The summed E-state index contributed by atoms with van der Waals surface area (Å²) in [5.74, 6) is 1.59. The van der Waals surface area contributed by atoms with Crippen molar-refractivity contribution in [3.05, 3.63) is 89.6 Å². The largest absolute Gasteiger partial charge is 0.488 e. The van der Waals surface area contributed by atoms with Crippen LogP contribution in [0.1, 0.15) is 53.0 Å². The number of aryl methyl sites for hydroxylation is 1. The lowest BCUT2D eigenvalue weighted by Gasteiger charge is -2.31. The van der Waals surface area contributed by atoms with Crippen molar-refractivity contribution in [3.63, 3.8) is 0 Å². The number of esters is 1. The summed E-state index contributed by atoms with van der Waals surface area (Å²) in [4.78, 5) is 36.6. The van der Waals surface area contributed by atoms with Crippen LogP contribution in [0.15, 0.2) is 67.1 Å². The number of pyridine rings is 1. The Kier molecular flexibility index (Phi) is 10.6. The van der Waals surface area contributed by atoms with Crippen LogP contribution in [0.5, 0.6) is 11.6 Å². The van der Waals surface area contributed by atoms with Gasteiger partial charge >= 0.3 is 5.97 Å². The third kappa shape index (κ3) is 8.94. The van der Waals surface area contributed by atoms with E-state index in [1.807, 2.05) is 50.7 Å². The minimum Gasteiger partial charge on any atom is -0.488 e. The Morgan fingerprint density at radius 1 is 1.02 bits per heavy atom. The fraction of sp³-hybridized carbons (Fsp3) is 0.389. The molecule has 2 aliphatic rings. The highest BCUT2D eigenvalue weighted by atomic mass is 16.5. The molecule has 0 spiro atoms. The molecule has 0 atom stereocenters. The molecule has 2 N–H and O–H groups in total. The number of carbonyl (C=O) groups is 2. The predicted octanol–water partition coefficient (Wildman–Crippen LogP) is 3.71. The average molecular weight is 651 g/mol. The van der Waals surface area contributed by atoms with Gasteiger partial charge in [-0.25, -0.2) is 14.8 Å². The molecule has 6 rings (SSSR count). The molecule has 1 aliphatic carbocycles. The van der Waals surface area contributed by atoms with Gasteiger partial charge in [0.2, 0.25) is 11.8 Å². The Hall–Kier alpha value is -4.84. The van der Waals surface area contributed by atoms with E-state index in [2.05, 4.69) is 43.1 Å². The zero-order chi connectivity index (χ0) is 33.5. The van der Waals surface area contributed by atoms with Gasteiger partial charge in [-0.2, -0.15) is 0 Å². The first-order valence-corrected chi connectivity index (χ1v) is 16.6. The van der Waals surface area contributed by atoms with Gasteiger partial charge in [0.15, 0.2) is 0 Å². The number of carbonyl (C=O) groups excluding carboxylic acids is 2. The monoisotopic (exact) mass is 650 g/mol. The van der Waals surface area contributed by atoms with Crippen molar-refractivity contribution in [2.75, 3.05) is 37.4 Å². The number of hydrogen-bond acceptors (Lipinski definition) is 9. The summed E-state index contributed by atoms with van der Waals surface area (Å²) in [5, 5.41) is 6.45. The summed E-state index contributed by atoms with van der Waals surface area (Å²) in [6.07, 6.45) is 7.79. The van der Waals surface area contributed by atoms with Crippen molar-refractivity contribution in [2.24, 2.45) is 5.92 Å². The van der Waals surface area contributed by atoms with Crippen LogP contribution in [0.2, 0.25) is 0 Å². The van der Waals surface area contributed by atoms with Crippen molar-refractivity contribution >= 4 is 36.6 Å². The number of methoxy groups -OCH3 is 1. The topological polar surface area (TPSA) is 120 Å². The summed E-state index contributed by atoms with van der Waals surface area (Å²) in [5.41, 5.74) is 5.80. The first-order chi connectivity index (χ1) is 23.3. The number of piperidine rings is 1. The number of nitrogens with one attached hydrogen (secondary N) is 2. The molecule has 4 aromatic rings. The van der Waals surface area contributed by atoms with Crippen LogP contribution in [0.25, 0.3) is 0 Å². The van der Waals surface area contributed by atoms with Crippen molar-refractivity contribution in [2.45, 2.75) is 58.4 Å². The Balaban J connectivity index is 0.995. The molecular weight excluding hydrogens is 607 g/mol. The van der Waals surface area contributed by atoms with Crippen LogP contribution in [-0.4, -0.2) is 72.0 Å². The second-order valence-corrected chi connectivity index (χ2v) is 12.8. The SMILES string of the molecule is Bc1cc(C)ccc1OCc1cccc(OC2CCN(CC(=O)Nc3ccc(C(=O)OC)cc3NCc3cncn3CC3CC3)CC2)n1. The molecule has 12 heteroatoms. The van der Waals surface area contributed by atoms with E-state index in [0.29, 0.717) is 41.9 Å². The van der Waals surface area contributed by atoms with Crippen molar-refractivity contribution in [3.8, 4) is 11.6 Å². The van der Waals surface area contributed by atoms with Gasteiger partial charge in [0.25, 0.3) is 0 Å². The highest BCUT2D eigenvalue weighted by molar-refractivity contribution is 6.34. The lowest BCUT2D eigenvalue weighted by Crippen LogP contribution is -2.42. The number of aromatic nitrogens is 3. The van der Waals surface area contributed by atoms with Crippen molar-refractivity contribution < 1.29 is 23.8 Å². The molecule has 1 saturated heterocycles. The van der Waals surface area contributed by atoms with Gasteiger partial charge in [-0.1, -0.05) is 23.8 Å². The molecule has 1 saturated carbocycles. The number of ether oxygens (including phenoxy) is 3. The fourth-order valence-electron chi connectivity index (χ4n) is 5.93. The molecule has 250 valence electrons. The van der Waals surface area contributed by atoms with E-state index in [0.717, 1.165) is 55.1 Å². The second-order valence-electron chi connectivity index (χ2n) is 12.8. The number of nitrogens with zero attached hydrogens (tertiary/aromatic N) is 4. The first kappa shape index (κ1) is 33.1. The van der Waals surface area contributed by atoms with Crippen molar-refractivity contribution in [1.29, 1.82) is 0 Å². The number of anilines is 2. The predicted molar refractivity (Wildman–Crippen MR) is 187 cm³/mol. The lowest BCUT2D eigenvalue weighted by atomic mass is 9.93. The molecule has 1 amide bonds. The van der Waals surface area contributed by atoms with Crippen LogP contribution in [0.3, 0.4) is 0 Å². The Morgan fingerprint density at radius 3 is 2.62 bits per heavy atom. The number of amides is 1. The van der Waals surface area contributed by atoms with Gasteiger partial charge in [-0.15, -0.1) is 0 Å². The number of imidazole rings is 1. The maximum atomic E-state index is 13.2. The van der Waals surface area contributed by atoms with Gasteiger partial charge in [0.1, 0.15) is 26.3 Å². The minimum atomic E-state index is -0.438. The minimum absolute atomic E-state index is 0.0161. The highest BCUT2D eigenvalue weighted by Gasteiger charge is 2.24. The zero-order valence-electron chi connectivity index (χ0n) is 27.9. The molecule has 0 bridgehead atoms. The van der Waals surface area contributed by atoms with Crippen LogP contribution in [-0.2, 0) is 29.2 Å². The van der Waals surface area contributed by atoms with E-state index in [1.54, 1.807) is 18.2 Å². The highest BCUT2D eigenvalue weighted by Crippen LogP contribution is 2.31. The van der Waals surface area contributed by atoms with Crippen LogP contribution in [0.4, 0.5) is 11.4 Å². The first-order valence-electron chi connectivity index (χ1n) is 16.6. The number of benzene rings is 2. The summed E-state index contributed by atoms with van der Waals surface area (Å²) in [6, 6.07) is 17.0. The van der Waals surface area contributed by atoms with Crippen LogP contribution >= 0.6 is 0 Å². The zero-order valence-corrected chi connectivity index (χ0v) is 27.9. The maximum Gasteiger partial charge on any atom is 0.337 e. The molecule has 48 heavy (non-hydrogen) atoms. The number of likely N-dealkylation sites (tertiary alicyclic amines) is 1. The third-order valence-corrected chi connectivity index (χ3v) is 8.80. The van der Waals surface area contributed by atoms with E-state index in [9.17, 15) is 9.59 Å². The normalized spacial score (nSPS) is 15.1. The molecular formula is C36H43BN6O5. The van der Waals surface area contributed by atoms with Crippen LogP contribution < -0.4 is 25.6 Å². The van der Waals surface area contributed by atoms with E-state index < -0.39 is 5.97 Å². The molecule has 11 nitrogen and oxygen atoms in total. The van der Waals surface area contributed by atoms with Gasteiger partial charge in [0.05, 0.1) is 54.9 Å². The lowest BCUT2D eigenvalue weighted by molar-refractivity contribution is -0.117. The quantitative estimate of drug-likeness (QED) is 0.156. The number of rotatable bonds is 14. The third-order valence-electron chi connectivity index (χ3n) is 8.80. The summed E-state index contributed by atoms with van der Waals surface area (Å²) >= 11 is 0. The molecule has 1 aliphatic heterocycles. The molecule has 2 fully saturated rings. The summed E-state index contributed by atoms with van der Waals surface area (Å²) in [6.45, 7) is 5.60. The number of hydrogen-bond donors (Lipinski definition) is 2. The molecule has 2 aromatic carbocycles. The van der Waals surface area contributed by atoms with Gasteiger partial charge in [-0.05, 0) is 74.3 Å². The van der Waals surface area contributed by atoms with Crippen LogP contribution in [0, 0.1) is 12.8 Å². The van der Waals surface area contributed by atoms with E-state index >= 15 is 0 Å². The molecule has 0 unspecified atom stereocenters. The average Bonchev–Trinajstić information content (AvgIpc) is 3.80. The maximum absolute atomic E-state index is 13.2. The van der Waals surface area contributed by atoms with Gasteiger partial charge in [-0.3, -0.25) is 9.69 Å². The van der Waals surface area contributed by atoms with E-state index in [4.69, 9.17) is 14.2 Å². The standard InChI is InChI=1S/C36H43BN6O5/c1-24-6-11-33(30(37)16-24)47-22-27-4-3-5-35(40-27)48-29-12-14-42(15-13-29)21-34(44)41-31-10-9-26(36(45)46-2)17-32(31)39-19-28-18-38-23-43(28)20-25-7-8-25/h3-6,9-11,16-18,23,25,29,39H,7-8,12-15,19-22,37H2,1-2H3,(H,41,44). The summed E-state index contributed by atoms with van der Waals surface area (Å²) < 4.78 is 19.3. The van der Waals surface area contributed by atoms with E-state index in [1.165, 1.54) is 25.5 Å². The summed E-state index contributed by atoms with van der Waals surface area (Å²) in [7, 11) is 3.39. The Morgan fingerprint density at radius 2 is 1.85 bits per heavy atom. The van der Waals surface area contributed by atoms with Gasteiger partial charge < -0.3 is 29.4 Å².